The van der Waals surface area contributed by atoms with Crippen LogP contribution in [0.5, 0.6) is 0 Å². The largest absolute Gasteiger partial charge is 0.362 e. The van der Waals surface area contributed by atoms with E-state index in [-0.39, 0.29) is 0 Å². The van der Waals surface area contributed by atoms with Gasteiger partial charge in [-0.3, -0.25) is 0 Å². The topological polar surface area (TPSA) is 3.24 Å². The maximum Gasteiger partial charge on any atom is 0.0766 e. The molecule has 0 amide bonds. The molecule has 0 fully saturated rings. The van der Waals surface area contributed by atoms with E-state index in [0.29, 0.717) is 5.37 Å². The first-order valence-electron chi connectivity index (χ1n) is 5.18. The molecule has 1 atom stereocenters. The van der Waals surface area contributed by atoms with Gasteiger partial charge in [0.15, 0.2) is 0 Å². The van der Waals surface area contributed by atoms with Crippen LogP contribution >= 0.6 is 11.8 Å². The molecule has 0 saturated carbocycles. The van der Waals surface area contributed by atoms with Crippen LogP contribution in [0, 0.1) is 0 Å². The second-order valence-corrected chi connectivity index (χ2v) is 5.35. The highest BCUT2D eigenvalue weighted by Crippen LogP contribution is 2.43. The molecule has 3 rings (SSSR count). The van der Waals surface area contributed by atoms with Crippen molar-refractivity contribution in [2.45, 2.75) is 17.2 Å². The highest BCUT2D eigenvalue weighted by atomic mass is 32.2. The molecule has 0 radical (unpaired) electrons. The van der Waals surface area contributed by atoms with Crippen LogP contribution in [0.25, 0.3) is 10.8 Å². The van der Waals surface area contributed by atoms with E-state index in [1.54, 1.807) is 0 Å². The van der Waals surface area contributed by atoms with E-state index in [9.17, 15) is 0 Å². The molecule has 0 aliphatic carbocycles. The summed E-state index contributed by atoms with van der Waals surface area (Å²) in [6, 6.07) is 13.1. The van der Waals surface area contributed by atoms with Crippen molar-refractivity contribution in [3.8, 4) is 0 Å². The Morgan fingerprint density at radius 2 is 1.80 bits per heavy atom. The molecule has 1 aliphatic heterocycles. The summed E-state index contributed by atoms with van der Waals surface area (Å²) in [4.78, 5) is 3.75. The van der Waals surface area contributed by atoms with Crippen molar-refractivity contribution in [1.82, 2.24) is 0 Å². The van der Waals surface area contributed by atoms with Crippen LogP contribution in [0.3, 0.4) is 0 Å². The van der Waals surface area contributed by atoms with E-state index in [4.69, 9.17) is 0 Å². The van der Waals surface area contributed by atoms with Gasteiger partial charge < -0.3 is 4.90 Å². The normalized spacial score (nSPS) is 19.6. The maximum atomic E-state index is 2.34. The summed E-state index contributed by atoms with van der Waals surface area (Å²) in [6.45, 7) is 2.25. The minimum Gasteiger partial charge on any atom is -0.362 e. The first kappa shape index (κ1) is 9.10. The van der Waals surface area contributed by atoms with Gasteiger partial charge in [0, 0.05) is 11.9 Å². The SMILES string of the molecule is CC1Sc2cc3ccccc3cc2N1C. The van der Waals surface area contributed by atoms with Gasteiger partial charge in [0.05, 0.1) is 11.1 Å². The lowest BCUT2D eigenvalue weighted by Gasteiger charge is -2.17. The fourth-order valence-electron chi connectivity index (χ4n) is 2.04. The predicted octanol–water partition coefficient (Wildman–Crippen LogP) is 3.73. The van der Waals surface area contributed by atoms with Crippen LogP contribution in [-0.4, -0.2) is 12.4 Å². The summed E-state index contributed by atoms with van der Waals surface area (Å²) in [5.74, 6) is 0. The van der Waals surface area contributed by atoms with Gasteiger partial charge in [0.25, 0.3) is 0 Å². The second-order valence-electron chi connectivity index (χ2n) is 4.00. The molecule has 15 heavy (non-hydrogen) atoms. The van der Waals surface area contributed by atoms with E-state index >= 15 is 0 Å². The van der Waals surface area contributed by atoms with Crippen LogP contribution in [0.15, 0.2) is 41.3 Å². The highest BCUT2D eigenvalue weighted by molar-refractivity contribution is 8.00. The summed E-state index contributed by atoms with van der Waals surface area (Å²) in [5.41, 5.74) is 1.37. The Kier molecular flexibility index (Phi) is 1.93. The van der Waals surface area contributed by atoms with Gasteiger partial charge in [-0.15, -0.1) is 0 Å². The number of hydrogen-bond donors (Lipinski definition) is 0. The van der Waals surface area contributed by atoms with Crippen molar-refractivity contribution >= 4 is 28.2 Å². The van der Waals surface area contributed by atoms with Crippen molar-refractivity contribution in [2.75, 3.05) is 11.9 Å². The van der Waals surface area contributed by atoms with Crippen LogP contribution in [-0.2, 0) is 0 Å². The number of anilines is 1. The lowest BCUT2D eigenvalue weighted by Crippen LogP contribution is -2.20. The molecule has 0 bridgehead atoms. The summed E-state index contributed by atoms with van der Waals surface area (Å²) < 4.78 is 0. The monoisotopic (exact) mass is 215 g/mol. The van der Waals surface area contributed by atoms with Crippen molar-refractivity contribution in [2.24, 2.45) is 0 Å². The van der Waals surface area contributed by atoms with Gasteiger partial charge in [0.2, 0.25) is 0 Å². The number of benzene rings is 2. The zero-order valence-electron chi connectivity index (χ0n) is 8.90. The Morgan fingerprint density at radius 1 is 1.13 bits per heavy atom. The Labute approximate surface area is 94.1 Å². The lowest BCUT2D eigenvalue weighted by molar-refractivity contribution is 0.925. The molecule has 2 aromatic carbocycles. The minimum absolute atomic E-state index is 0.553. The van der Waals surface area contributed by atoms with E-state index < -0.39 is 0 Å². The van der Waals surface area contributed by atoms with Crippen LogP contribution < -0.4 is 4.90 Å². The summed E-state index contributed by atoms with van der Waals surface area (Å²) in [7, 11) is 2.16. The van der Waals surface area contributed by atoms with Crippen LogP contribution in [0.2, 0.25) is 0 Å². The number of thioether (sulfide) groups is 1. The minimum atomic E-state index is 0.553. The number of hydrogen-bond acceptors (Lipinski definition) is 2. The van der Waals surface area contributed by atoms with E-state index in [1.807, 2.05) is 11.8 Å². The van der Waals surface area contributed by atoms with Crippen LogP contribution in [0.4, 0.5) is 5.69 Å². The number of rotatable bonds is 0. The standard InChI is InChI=1S/C13H13NS/c1-9-14(2)12-7-10-5-3-4-6-11(10)8-13(12)15-9/h3-9H,1-2H3. The highest BCUT2D eigenvalue weighted by Gasteiger charge is 2.23. The average molecular weight is 215 g/mol. The third kappa shape index (κ3) is 1.32. The second kappa shape index (κ2) is 3.17. The average Bonchev–Trinajstić information content (AvgIpc) is 2.52. The van der Waals surface area contributed by atoms with Crippen molar-refractivity contribution in [1.29, 1.82) is 0 Å². The molecule has 2 heteroatoms. The molecule has 0 N–H and O–H groups in total. The number of nitrogens with zero attached hydrogens (tertiary/aromatic N) is 1. The molecule has 1 aliphatic rings. The summed E-state index contributed by atoms with van der Waals surface area (Å²) in [5, 5.41) is 3.22. The number of fused-ring (bicyclic) bond motifs is 2. The third-order valence-corrected chi connectivity index (χ3v) is 4.29. The molecular formula is C13H13NS. The van der Waals surface area contributed by atoms with Crippen molar-refractivity contribution in [3.05, 3.63) is 36.4 Å². The smallest absolute Gasteiger partial charge is 0.0766 e. The van der Waals surface area contributed by atoms with E-state index in [1.165, 1.54) is 21.4 Å². The molecule has 1 heterocycles. The molecular weight excluding hydrogens is 202 g/mol. The molecule has 0 spiro atoms. The quantitative estimate of drug-likeness (QED) is 0.659. The maximum absolute atomic E-state index is 2.34. The van der Waals surface area contributed by atoms with Gasteiger partial charge in [-0.05, 0) is 29.8 Å². The van der Waals surface area contributed by atoms with Crippen molar-refractivity contribution < 1.29 is 0 Å². The molecule has 1 nitrogen and oxygen atoms in total. The summed E-state index contributed by atoms with van der Waals surface area (Å²) >= 11 is 1.94. The Bertz CT molecular complexity index is 521. The molecule has 2 aromatic rings. The Balaban J connectivity index is 2.27. The van der Waals surface area contributed by atoms with Gasteiger partial charge in [-0.2, -0.15) is 0 Å². The van der Waals surface area contributed by atoms with Gasteiger partial charge in [-0.1, -0.05) is 36.0 Å². The van der Waals surface area contributed by atoms with E-state index in [2.05, 4.69) is 55.3 Å². The van der Waals surface area contributed by atoms with Gasteiger partial charge in [-0.25, -0.2) is 0 Å². The van der Waals surface area contributed by atoms with E-state index in [0.717, 1.165) is 0 Å². The fourth-order valence-corrected chi connectivity index (χ4v) is 3.19. The zero-order valence-corrected chi connectivity index (χ0v) is 9.71. The molecule has 1 unspecified atom stereocenters. The molecule has 0 saturated heterocycles. The van der Waals surface area contributed by atoms with Gasteiger partial charge in [0.1, 0.15) is 0 Å². The molecule has 76 valence electrons. The zero-order chi connectivity index (χ0) is 10.4. The first-order valence-corrected chi connectivity index (χ1v) is 6.06. The van der Waals surface area contributed by atoms with Crippen molar-refractivity contribution in [3.63, 3.8) is 0 Å². The molecule has 0 aromatic heterocycles. The predicted molar refractivity (Wildman–Crippen MR) is 67.7 cm³/mol. The third-order valence-electron chi connectivity index (χ3n) is 3.05. The Hall–Kier alpha value is -1.15. The van der Waals surface area contributed by atoms with Gasteiger partial charge >= 0.3 is 0 Å². The lowest BCUT2D eigenvalue weighted by atomic mass is 10.1. The first-order chi connectivity index (χ1) is 7.25. The fraction of sp³-hybridized carbons (Fsp3) is 0.231. The van der Waals surface area contributed by atoms with Crippen LogP contribution in [0.1, 0.15) is 6.92 Å². The summed E-state index contributed by atoms with van der Waals surface area (Å²) in [6.07, 6.45) is 0. The Morgan fingerprint density at radius 3 is 2.53 bits per heavy atom.